The van der Waals surface area contributed by atoms with Gasteiger partial charge in [0.1, 0.15) is 0 Å². The van der Waals surface area contributed by atoms with Crippen molar-refractivity contribution in [2.24, 2.45) is 11.8 Å². The Morgan fingerprint density at radius 2 is 0.972 bits per heavy atom. The predicted octanol–water partition coefficient (Wildman–Crippen LogP) is 11.2. The summed E-state index contributed by atoms with van der Waals surface area (Å²) in [6.45, 7) is 18.8. The molecule has 0 saturated carbocycles. The summed E-state index contributed by atoms with van der Waals surface area (Å²) in [6, 6.07) is 5.85. The summed E-state index contributed by atoms with van der Waals surface area (Å²) in [6.07, 6.45) is 15.1. The highest BCUT2D eigenvalue weighted by molar-refractivity contribution is 14.1. The third kappa shape index (κ3) is 12.4. The molecular formula is C32H58I2N2. The monoisotopic (exact) mass is 724 g/mol. The van der Waals surface area contributed by atoms with E-state index in [4.69, 9.17) is 0 Å². The second-order valence-corrected chi connectivity index (χ2v) is 15.3. The molecule has 6 unspecified atom stereocenters. The Bertz CT molecular complexity index is 645. The molecule has 0 amide bonds. The third-order valence-corrected chi connectivity index (χ3v) is 9.73. The van der Waals surface area contributed by atoms with Crippen LogP contribution in [0.5, 0.6) is 0 Å². The van der Waals surface area contributed by atoms with Gasteiger partial charge in [-0.05, 0) is 73.6 Å². The topological polar surface area (TPSA) is 24.1 Å². The maximum Gasteiger partial charge on any atom is 0.0379 e. The van der Waals surface area contributed by atoms with Crippen molar-refractivity contribution in [1.82, 2.24) is 0 Å². The Labute approximate surface area is 253 Å². The average molecular weight is 725 g/mol. The van der Waals surface area contributed by atoms with Crippen LogP contribution in [0.4, 0.5) is 11.4 Å². The van der Waals surface area contributed by atoms with E-state index >= 15 is 0 Å². The van der Waals surface area contributed by atoms with Crippen molar-refractivity contribution < 1.29 is 0 Å². The molecule has 1 aromatic carbocycles. The zero-order chi connectivity index (χ0) is 27.1. The summed E-state index contributed by atoms with van der Waals surface area (Å²) in [5.74, 6) is 1.50. The molecule has 0 spiro atoms. The van der Waals surface area contributed by atoms with Crippen LogP contribution < -0.4 is 10.6 Å². The van der Waals surface area contributed by atoms with E-state index in [1.165, 1.54) is 88.4 Å². The van der Waals surface area contributed by atoms with Crippen LogP contribution in [0.1, 0.15) is 131 Å². The lowest BCUT2D eigenvalue weighted by Gasteiger charge is -2.30. The lowest BCUT2D eigenvalue weighted by Crippen LogP contribution is -2.31. The summed E-state index contributed by atoms with van der Waals surface area (Å²) in [4.78, 5) is 0. The first-order chi connectivity index (χ1) is 17.2. The molecule has 0 radical (unpaired) electrons. The largest absolute Gasteiger partial charge is 0.381 e. The van der Waals surface area contributed by atoms with Gasteiger partial charge in [0.25, 0.3) is 0 Å². The van der Waals surface area contributed by atoms with Crippen molar-refractivity contribution in [1.29, 1.82) is 0 Å². The molecule has 1 aromatic rings. The lowest BCUT2D eigenvalue weighted by molar-refractivity contribution is 0.469. The molecule has 0 saturated heterocycles. The number of hydrogen-bond acceptors (Lipinski definition) is 2. The minimum Gasteiger partial charge on any atom is -0.381 e. The van der Waals surface area contributed by atoms with E-state index in [0.29, 0.717) is 19.9 Å². The standard InChI is InChI=1S/C32H58I2N2/c1-9-13-15-17-27-28(18-16-14-10-2)30(36-32(26(8)34)22-24(6)12-4)20-19-29(27)35-31(25(7)33)21-23(5)11-3/h19-20,23-26,31-32,35-36H,9-18,21-22H2,1-8H3. The molecule has 2 N–H and O–H groups in total. The van der Waals surface area contributed by atoms with Crippen molar-refractivity contribution in [3.63, 3.8) is 0 Å². The van der Waals surface area contributed by atoms with Crippen molar-refractivity contribution in [3.8, 4) is 0 Å². The van der Waals surface area contributed by atoms with Gasteiger partial charge < -0.3 is 10.6 Å². The SMILES string of the molecule is CCCCCc1c(NC(CC(C)CC)C(C)I)ccc(NC(CC(C)CC)C(C)I)c1CCCCC. The quantitative estimate of drug-likeness (QED) is 0.0795. The van der Waals surface area contributed by atoms with E-state index in [2.05, 4.69) is 123 Å². The van der Waals surface area contributed by atoms with Crippen molar-refractivity contribution in [2.75, 3.05) is 10.6 Å². The zero-order valence-corrected chi connectivity index (χ0v) is 29.2. The van der Waals surface area contributed by atoms with Gasteiger partial charge in [-0.25, -0.2) is 0 Å². The highest BCUT2D eigenvalue weighted by Gasteiger charge is 2.23. The van der Waals surface area contributed by atoms with Crippen molar-refractivity contribution >= 4 is 56.6 Å². The van der Waals surface area contributed by atoms with E-state index in [9.17, 15) is 0 Å². The van der Waals surface area contributed by atoms with Crippen LogP contribution in [0.15, 0.2) is 12.1 Å². The lowest BCUT2D eigenvalue weighted by atomic mass is 9.91. The van der Waals surface area contributed by atoms with Crippen molar-refractivity contribution in [3.05, 3.63) is 23.3 Å². The normalized spacial score (nSPS) is 16.7. The molecule has 0 bridgehead atoms. The maximum absolute atomic E-state index is 4.08. The van der Waals surface area contributed by atoms with E-state index in [-0.39, 0.29) is 0 Å². The molecule has 0 aliphatic heterocycles. The number of halogens is 2. The molecule has 0 aromatic heterocycles. The summed E-state index contributed by atoms with van der Waals surface area (Å²) >= 11 is 5.26. The molecule has 0 fully saturated rings. The van der Waals surface area contributed by atoms with Gasteiger partial charge in [-0.2, -0.15) is 0 Å². The second-order valence-electron chi connectivity index (χ2n) is 11.4. The summed E-state index contributed by atoms with van der Waals surface area (Å²) in [5.41, 5.74) is 6.00. The number of anilines is 2. The maximum atomic E-state index is 4.08. The molecule has 6 atom stereocenters. The first-order valence-electron chi connectivity index (χ1n) is 15.1. The van der Waals surface area contributed by atoms with Gasteiger partial charge in [0.15, 0.2) is 0 Å². The van der Waals surface area contributed by atoms with Crippen LogP contribution in [-0.2, 0) is 12.8 Å². The Kier molecular flexibility index (Phi) is 18.4. The smallest absolute Gasteiger partial charge is 0.0379 e. The van der Waals surface area contributed by atoms with Gasteiger partial charge in [0.2, 0.25) is 0 Å². The molecule has 36 heavy (non-hydrogen) atoms. The van der Waals surface area contributed by atoms with Gasteiger partial charge >= 0.3 is 0 Å². The third-order valence-electron chi connectivity index (χ3n) is 7.99. The van der Waals surface area contributed by atoms with Gasteiger partial charge in [-0.15, -0.1) is 0 Å². The van der Waals surface area contributed by atoms with E-state index in [1.807, 2.05) is 0 Å². The second kappa shape index (κ2) is 19.4. The van der Waals surface area contributed by atoms with E-state index < -0.39 is 0 Å². The van der Waals surface area contributed by atoms with Gasteiger partial charge in [0.05, 0.1) is 0 Å². The molecule has 0 aliphatic carbocycles. The molecule has 0 heterocycles. The van der Waals surface area contributed by atoms with Crippen LogP contribution in [0, 0.1) is 11.8 Å². The Balaban J connectivity index is 3.46. The minimum atomic E-state index is 0.514. The predicted molar refractivity (Wildman–Crippen MR) is 183 cm³/mol. The first kappa shape index (κ1) is 34.3. The summed E-state index contributed by atoms with van der Waals surface area (Å²) in [7, 11) is 0. The Hall–Kier alpha value is 0.280. The van der Waals surface area contributed by atoms with Crippen LogP contribution >= 0.6 is 45.2 Å². The van der Waals surface area contributed by atoms with Crippen LogP contribution in [0.2, 0.25) is 0 Å². The number of unbranched alkanes of at least 4 members (excludes halogenated alkanes) is 4. The van der Waals surface area contributed by atoms with E-state index in [1.54, 1.807) is 11.1 Å². The van der Waals surface area contributed by atoms with Gasteiger partial charge in [-0.1, -0.05) is 139 Å². The first-order valence-corrected chi connectivity index (χ1v) is 17.6. The molecule has 1 rings (SSSR count). The number of nitrogens with one attached hydrogen (secondary N) is 2. The summed E-state index contributed by atoms with van der Waals surface area (Å²) in [5, 5.41) is 8.16. The van der Waals surface area contributed by atoms with Crippen LogP contribution in [-0.4, -0.2) is 19.9 Å². The fourth-order valence-corrected chi connectivity index (χ4v) is 5.91. The molecule has 210 valence electrons. The number of benzene rings is 1. The average Bonchev–Trinajstić information content (AvgIpc) is 2.85. The number of hydrogen-bond donors (Lipinski definition) is 2. The van der Waals surface area contributed by atoms with E-state index in [0.717, 1.165) is 11.8 Å². The zero-order valence-electron chi connectivity index (χ0n) is 24.9. The Morgan fingerprint density at radius 3 is 1.25 bits per heavy atom. The van der Waals surface area contributed by atoms with Crippen LogP contribution in [0.3, 0.4) is 0 Å². The highest BCUT2D eigenvalue weighted by Crippen LogP contribution is 2.34. The van der Waals surface area contributed by atoms with Crippen molar-refractivity contribution in [2.45, 2.75) is 152 Å². The fourth-order valence-electron chi connectivity index (χ4n) is 4.96. The number of alkyl halides is 2. The Morgan fingerprint density at radius 1 is 0.611 bits per heavy atom. The molecule has 0 aliphatic rings. The molecular weight excluding hydrogens is 666 g/mol. The minimum absolute atomic E-state index is 0.514. The van der Waals surface area contributed by atoms with Gasteiger partial charge in [-0.3, -0.25) is 0 Å². The number of rotatable bonds is 20. The van der Waals surface area contributed by atoms with Gasteiger partial charge in [0, 0.05) is 31.3 Å². The molecule has 4 heteroatoms. The highest BCUT2D eigenvalue weighted by atomic mass is 127. The fraction of sp³-hybridized carbons (Fsp3) is 0.812. The molecule has 2 nitrogen and oxygen atoms in total. The summed E-state index contributed by atoms with van der Waals surface area (Å²) < 4.78 is 1.20. The van der Waals surface area contributed by atoms with Crippen LogP contribution in [0.25, 0.3) is 0 Å².